The molecule has 0 aliphatic rings. The van der Waals surface area contributed by atoms with Crippen molar-refractivity contribution in [2.45, 2.75) is 19.9 Å². The van der Waals surface area contributed by atoms with E-state index in [1.54, 1.807) is 19.2 Å². The molecule has 2 aromatic carbocycles. The predicted octanol–water partition coefficient (Wildman–Crippen LogP) is 4.50. The monoisotopic (exact) mass is 307 g/mol. The molecule has 0 fully saturated rings. The fourth-order valence-corrected chi connectivity index (χ4v) is 2.54. The van der Waals surface area contributed by atoms with Crippen LogP contribution < -0.4 is 10.1 Å². The van der Waals surface area contributed by atoms with Gasteiger partial charge < -0.3 is 10.1 Å². The van der Waals surface area contributed by atoms with Crippen LogP contribution in [0.25, 0.3) is 0 Å². The first-order valence-corrected chi connectivity index (χ1v) is 7.28. The molecule has 0 aromatic heterocycles. The first-order valence-electron chi connectivity index (χ1n) is 6.90. The number of nitrogens with one attached hydrogen (secondary N) is 1. The minimum absolute atomic E-state index is 0.294. The summed E-state index contributed by atoms with van der Waals surface area (Å²) in [7, 11) is 1.55. The van der Waals surface area contributed by atoms with Crippen LogP contribution in [-0.2, 0) is 0 Å². The Kier molecular flexibility index (Phi) is 5.21. The molecule has 2 aromatic rings. The summed E-state index contributed by atoms with van der Waals surface area (Å²) in [5.41, 5.74) is 2.41. The lowest BCUT2D eigenvalue weighted by Crippen LogP contribution is -2.23. The van der Waals surface area contributed by atoms with Crippen molar-refractivity contribution in [1.82, 2.24) is 5.32 Å². The Morgan fingerprint density at radius 3 is 2.67 bits per heavy atom. The summed E-state index contributed by atoms with van der Waals surface area (Å²) in [4.78, 5) is 0. The molecule has 1 unspecified atom stereocenters. The molecule has 1 atom stereocenters. The molecular formula is C17H19ClFNO. The van der Waals surface area contributed by atoms with E-state index in [4.69, 9.17) is 16.3 Å². The molecule has 0 amide bonds. The van der Waals surface area contributed by atoms with Gasteiger partial charge in [0.1, 0.15) is 11.6 Å². The van der Waals surface area contributed by atoms with Crippen LogP contribution in [0.1, 0.15) is 29.7 Å². The average Bonchev–Trinajstić information content (AvgIpc) is 2.48. The zero-order valence-corrected chi connectivity index (χ0v) is 13.2. The van der Waals surface area contributed by atoms with Gasteiger partial charge in [-0.05, 0) is 42.8 Å². The molecule has 2 rings (SSSR count). The van der Waals surface area contributed by atoms with E-state index in [0.717, 1.165) is 11.1 Å². The van der Waals surface area contributed by atoms with Crippen LogP contribution in [0.5, 0.6) is 5.75 Å². The average molecular weight is 308 g/mol. The first kappa shape index (κ1) is 15.8. The normalized spacial score (nSPS) is 12.2. The van der Waals surface area contributed by atoms with Gasteiger partial charge in [0.05, 0.1) is 18.7 Å². The number of halogens is 2. The maximum absolute atomic E-state index is 14.3. The highest BCUT2D eigenvalue weighted by Crippen LogP contribution is 2.33. The van der Waals surface area contributed by atoms with Crippen molar-refractivity contribution in [3.05, 3.63) is 63.9 Å². The quantitative estimate of drug-likeness (QED) is 0.878. The van der Waals surface area contributed by atoms with Crippen molar-refractivity contribution < 1.29 is 9.13 Å². The number of aryl methyl sites for hydroxylation is 1. The third-order valence-corrected chi connectivity index (χ3v) is 3.87. The summed E-state index contributed by atoms with van der Waals surface area (Å²) < 4.78 is 19.6. The van der Waals surface area contributed by atoms with E-state index in [1.807, 2.05) is 32.0 Å². The van der Waals surface area contributed by atoms with Crippen LogP contribution >= 0.6 is 11.6 Å². The number of hydrogen-bond donors (Lipinski definition) is 1. The van der Waals surface area contributed by atoms with E-state index in [0.29, 0.717) is 22.9 Å². The van der Waals surface area contributed by atoms with Gasteiger partial charge in [0, 0.05) is 5.02 Å². The van der Waals surface area contributed by atoms with Crippen LogP contribution in [0.4, 0.5) is 4.39 Å². The molecule has 0 heterocycles. The maximum Gasteiger partial charge on any atom is 0.132 e. The van der Waals surface area contributed by atoms with E-state index in [2.05, 4.69) is 5.32 Å². The largest absolute Gasteiger partial charge is 0.496 e. The van der Waals surface area contributed by atoms with Crippen LogP contribution in [0.15, 0.2) is 36.4 Å². The molecule has 21 heavy (non-hydrogen) atoms. The van der Waals surface area contributed by atoms with Gasteiger partial charge in [-0.1, -0.05) is 36.7 Å². The van der Waals surface area contributed by atoms with Gasteiger partial charge in [0.2, 0.25) is 0 Å². The molecule has 0 radical (unpaired) electrons. The second kappa shape index (κ2) is 6.92. The third kappa shape index (κ3) is 3.36. The van der Waals surface area contributed by atoms with Crippen LogP contribution in [0, 0.1) is 12.7 Å². The summed E-state index contributed by atoms with van der Waals surface area (Å²) in [6.45, 7) is 4.63. The Morgan fingerprint density at radius 1 is 1.29 bits per heavy atom. The number of hydrogen-bond acceptors (Lipinski definition) is 2. The molecule has 0 saturated heterocycles. The van der Waals surface area contributed by atoms with Crippen LogP contribution in [0.3, 0.4) is 0 Å². The van der Waals surface area contributed by atoms with Crippen molar-refractivity contribution >= 4 is 11.6 Å². The number of rotatable bonds is 5. The van der Waals surface area contributed by atoms with Crippen LogP contribution in [-0.4, -0.2) is 13.7 Å². The van der Waals surface area contributed by atoms with E-state index >= 15 is 0 Å². The molecule has 1 N–H and O–H groups in total. The van der Waals surface area contributed by atoms with Crippen molar-refractivity contribution in [3.8, 4) is 5.75 Å². The molecule has 2 nitrogen and oxygen atoms in total. The lowest BCUT2D eigenvalue weighted by atomic mass is 9.96. The minimum atomic E-state index is -0.302. The third-order valence-electron chi connectivity index (χ3n) is 3.46. The fraction of sp³-hybridized carbons (Fsp3) is 0.294. The molecule has 112 valence electrons. The highest BCUT2D eigenvalue weighted by Gasteiger charge is 2.21. The Hall–Kier alpha value is -1.58. The van der Waals surface area contributed by atoms with Gasteiger partial charge in [-0.25, -0.2) is 4.39 Å². The lowest BCUT2D eigenvalue weighted by molar-refractivity contribution is 0.397. The Labute approximate surface area is 129 Å². The fourth-order valence-electron chi connectivity index (χ4n) is 2.35. The Bertz CT molecular complexity index is 630. The predicted molar refractivity (Wildman–Crippen MR) is 84.7 cm³/mol. The summed E-state index contributed by atoms with van der Waals surface area (Å²) in [5, 5.41) is 3.97. The molecule has 4 heteroatoms. The zero-order chi connectivity index (χ0) is 15.4. The van der Waals surface area contributed by atoms with Gasteiger partial charge in [0.25, 0.3) is 0 Å². The summed E-state index contributed by atoms with van der Waals surface area (Å²) in [6, 6.07) is 10.3. The topological polar surface area (TPSA) is 21.3 Å². The number of methoxy groups -OCH3 is 1. The van der Waals surface area contributed by atoms with Gasteiger partial charge >= 0.3 is 0 Å². The van der Waals surface area contributed by atoms with Gasteiger partial charge in [-0.3, -0.25) is 0 Å². The zero-order valence-electron chi connectivity index (χ0n) is 12.4. The first-order chi connectivity index (χ1) is 10.1. The molecule has 0 aliphatic carbocycles. The standard InChI is InChI=1S/C17H19ClFNO/c1-4-20-17(12-9-8-11(2)13(18)10-12)16-14(19)6-5-7-15(16)21-3/h5-10,17,20H,4H2,1-3H3. The summed E-state index contributed by atoms with van der Waals surface area (Å²) >= 11 is 6.21. The van der Waals surface area contributed by atoms with Crippen LogP contribution in [0.2, 0.25) is 5.02 Å². The molecule has 0 spiro atoms. The van der Waals surface area contributed by atoms with Crippen molar-refractivity contribution in [2.24, 2.45) is 0 Å². The van der Waals surface area contributed by atoms with Crippen molar-refractivity contribution in [3.63, 3.8) is 0 Å². The Morgan fingerprint density at radius 2 is 2.05 bits per heavy atom. The summed E-state index contributed by atoms with van der Waals surface area (Å²) in [5.74, 6) is 0.231. The molecule has 0 saturated carbocycles. The lowest BCUT2D eigenvalue weighted by Gasteiger charge is -2.22. The van der Waals surface area contributed by atoms with Gasteiger partial charge in [0.15, 0.2) is 0 Å². The highest BCUT2D eigenvalue weighted by molar-refractivity contribution is 6.31. The van der Waals surface area contributed by atoms with E-state index in [1.165, 1.54) is 6.07 Å². The van der Waals surface area contributed by atoms with E-state index in [-0.39, 0.29) is 11.9 Å². The summed E-state index contributed by atoms with van der Waals surface area (Å²) in [6.07, 6.45) is 0. The molecule has 0 aliphatic heterocycles. The van der Waals surface area contributed by atoms with Gasteiger partial charge in [-0.15, -0.1) is 0 Å². The van der Waals surface area contributed by atoms with Crippen molar-refractivity contribution in [2.75, 3.05) is 13.7 Å². The second-order valence-electron chi connectivity index (χ2n) is 4.86. The number of benzene rings is 2. The highest BCUT2D eigenvalue weighted by atomic mass is 35.5. The molecular weight excluding hydrogens is 289 g/mol. The smallest absolute Gasteiger partial charge is 0.132 e. The van der Waals surface area contributed by atoms with E-state index < -0.39 is 0 Å². The van der Waals surface area contributed by atoms with Gasteiger partial charge in [-0.2, -0.15) is 0 Å². The maximum atomic E-state index is 14.3. The molecule has 0 bridgehead atoms. The Balaban J connectivity index is 2.55. The SMILES string of the molecule is CCNC(c1ccc(C)c(Cl)c1)c1c(F)cccc1OC. The van der Waals surface area contributed by atoms with Crippen molar-refractivity contribution in [1.29, 1.82) is 0 Å². The number of ether oxygens (including phenoxy) is 1. The van der Waals surface area contributed by atoms with E-state index in [9.17, 15) is 4.39 Å². The second-order valence-corrected chi connectivity index (χ2v) is 5.26. The minimum Gasteiger partial charge on any atom is -0.496 e.